The number of carbonyl (C=O) groups is 1. The molecule has 1 heterocycles. The second kappa shape index (κ2) is 9.69. The van der Waals surface area contributed by atoms with Gasteiger partial charge in [0.05, 0.1) is 11.3 Å². The summed E-state index contributed by atoms with van der Waals surface area (Å²) in [4.78, 5) is 20.1. The molecule has 1 aromatic heterocycles. The highest BCUT2D eigenvalue weighted by Crippen LogP contribution is 2.35. The number of alkyl carbamates (subject to hydrolysis) is 1. The van der Waals surface area contributed by atoms with E-state index in [1.54, 1.807) is 12.4 Å². The van der Waals surface area contributed by atoms with Crippen LogP contribution in [0.1, 0.15) is 37.2 Å². The maximum atomic E-state index is 12.1. The molecule has 4 N–H and O–H groups in total. The zero-order chi connectivity index (χ0) is 23.4. The molecule has 1 amide bonds. The first-order chi connectivity index (χ1) is 15.0. The van der Waals surface area contributed by atoms with Gasteiger partial charge in [-0.05, 0) is 55.0 Å². The molecule has 3 rings (SSSR count). The van der Waals surface area contributed by atoms with E-state index in [1.807, 2.05) is 0 Å². The van der Waals surface area contributed by atoms with Gasteiger partial charge in [0.2, 0.25) is 16.0 Å². The molecule has 1 saturated carbocycles. The normalized spacial score (nSPS) is 18.9. The maximum absolute atomic E-state index is 12.1. The highest BCUT2D eigenvalue weighted by atomic mass is 32.2. The number of primary sulfonamides is 1. The second-order valence-electron chi connectivity index (χ2n) is 7.36. The minimum Gasteiger partial charge on any atom is -0.446 e. The number of rotatable bonds is 7. The van der Waals surface area contributed by atoms with Crippen molar-refractivity contribution in [3.63, 3.8) is 0 Å². The fraction of sp³-hybridized carbons (Fsp3) is 0.421. The number of hydrogen-bond acceptors (Lipinski definition) is 7. The monoisotopic (exact) mass is 473 g/mol. The minimum atomic E-state index is -4.33. The summed E-state index contributed by atoms with van der Waals surface area (Å²) in [5, 5.41) is 10.1. The van der Waals surface area contributed by atoms with E-state index in [1.165, 1.54) is 24.3 Å². The summed E-state index contributed by atoms with van der Waals surface area (Å²) in [6, 6.07) is 5.80. The molecular formula is C19H22F3N5O4S. The predicted octanol–water partition coefficient (Wildman–Crippen LogP) is 3.18. The molecule has 0 radical (unpaired) electrons. The zero-order valence-corrected chi connectivity index (χ0v) is 17.6. The van der Waals surface area contributed by atoms with Crippen molar-refractivity contribution >= 4 is 27.8 Å². The van der Waals surface area contributed by atoms with Gasteiger partial charge in [0.25, 0.3) is 0 Å². The number of hydrogen-bond donors (Lipinski definition) is 3. The molecule has 13 heteroatoms. The lowest BCUT2D eigenvalue weighted by Crippen LogP contribution is -2.31. The highest BCUT2D eigenvalue weighted by Gasteiger charge is 2.30. The fourth-order valence-electron chi connectivity index (χ4n) is 3.32. The van der Waals surface area contributed by atoms with Crippen LogP contribution < -0.4 is 15.8 Å². The number of nitrogens with two attached hydrogens (primary N) is 1. The van der Waals surface area contributed by atoms with Crippen LogP contribution in [0.25, 0.3) is 0 Å². The SMILES string of the molecule is NS(=O)(=O)c1ccc(Nc2ncc([C@H]3CC[C@@H](OC(=O)NCCC(F)(F)F)C3)cn2)cc1. The van der Waals surface area contributed by atoms with Crippen molar-refractivity contribution < 1.29 is 31.1 Å². The molecule has 1 aliphatic rings. The van der Waals surface area contributed by atoms with E-state index in [2.05, 4.69) is 20.6 Å². The van der Waals surface area contributed by atoms with Crippen molar-refractivity contribution in [1.82, 2.24) is 15.3 Å². The zero-order valence-electron chi connectivity index (χ0n) is 16.8. The van der Waals surface area contributed by atoms with E-state index in [4.69, 9.17) is 9.88 Å². The molecule has 0 spiro atoms. The molecule has 1 aliphatic carbocycles. The summed E-state index contributed by atoms with van der Waals surface area (Å²) in [5.41, 5.74) is 1.43. The van der Waals surface area contributed by atoms with Gasteiger partial charge in [0, 0.05) is 24.6 Å². The van der Waals surface area contributed by atoms with Gasteiger partial charge in [0.1, 0.15) is 6.10 Å². The van der Waals surface area contributed by atoms with Crippen molar-refractivity contribution in [3.8, 4) is 0 Å². The number of sulfonamides is 1. The number of amides is 1. The van der Waals surface area contributed by atoms with Crippen LogP contribution in [0.2, 0.25) is 0 Å². The number of halogens is 3. The van der Waals surface area contributed by atoms with Gasteiger partial charge in [-0.25, -0.2) is 28.3 Å². The molecule has 0 bridgehead atoms. The van der Waals surface area contributed by atoms with Crippen molar-refractivity contribution in [3.05, 3.63) is 42.2 Å². The molecule has 32 heavy (non-hydrogen) atoms. The number of anilines is 2. The Labute approximate surface area is 182 Å². The molecule has 2 atom stereocenters. The molecule has 174 valence electrons. The maximum Gasteiger partial charge on any atom is 0.407 e. The second-order valence-corrected chi connectivity index (χ2v) is 8.93. The number of ether oxygens (including phenoxy) is 1. The van der Waals surface area contributed by atoms with Crippen LogP contribution in [-0.4, -0.2) is 43.3 Å². The van der Waals surface area contributed by atoms with Crippen LogP contribution in [0, 0.1) is 0 Å². The molecule has 0 aliphatic heterocycles. The van der Waals surface area contributed by atoms with E-state index in [0.29, 0.717) is 24.5 Å². The van der Waals surface area contributed by atoms with Crippen molar-refractivity contribution in [2.75, 3.05) is 11.9 Å². The van der Waals surface area contributed by atoms with Gasteiger partial charge in [-0.2, -0.15) is 13.2 Å². The van der Waals surface area contributed by atoms with Crippen LogP contribution >= 0.6 is 0 Å². The van der Waals surface area contributed by atoms with Crippen molar-refractivity contribution in [1.29, 1.82) is 0 Å². The molecule has 2 aromatic rings. The Morgan fingerprint density at radius 1 is 1.16 bits per heavy atom. The first-order valence-corrected chi connectivity index (χ1v) is 11.3. The van der Waals surface area contributed by atoms with Gasteiger partial charge >= 0.3 is 12.3 Å². The largest absolute Gasteiger partial charge is 0.446 e. The smallest absolute Gasteiger partial charge is 0.407 e. The third-order valence-corrected chi connectivity index (χ3v) is 5.85. The minimum absolute atomic E-state index is 0.00800. The lowest BCUT2D eigenvalue weighted by molar-refractivity contribution is -0.133. The standard InChI is InChI=1S/C19H22F3N5O4S/c20-19(21,22)7-8-24-18(28)31-15-4-1-12(9-15)13-10-25-17(26-11-13)27-14-2-5-16(6-3-14)32(23,29)30/h2-3,5-6,10-12,15H,1,4,7-9H2,(H,24,28)(H2,23,29,30)(H,25,26,27)/t12-,15+/m0/s1. The third-order valence-electron chi connectivity index (χ3n) is 4.92. The van der Waals surface area contributed by atoms with E-state index in [0.717, 1.165) is 12.0 Å². The molecular weight excluding hydrogens is 451 g/mol. The summed E-state index contributed by atoms with van der Waals surface area (Å²) in [6.07, 6.45) is -1.55. The van der Waals surface area contributed by atoms with Crippen LogP contribution in [-0.2, 0) is 14.8 Å². The summed E-state index contributed by atoms with van der Waals surface area (Å²) < 4.78 is 64.1. The Morgan fingerprint density at radius 3 is 2.41 bits per heavy atom. The predicted molar refractivity (Wildman–Crippen MR) is 109 cm³/mol. The van der Waals surface area contributed by atoms with Gasteiger partial charge < -0.3 is 15.4 Å². The summed E-state index contributed by atoms with van der Waals surface area (Å²) in [5.74, 6) is 0.373. The van der Waals surface area contributed by atoms with Gasteiger partial charge in [-0.15, -0.1) is 0 Å². The number of carbonyl (C=O) groups excluding carboxylic acids is 1. The molecule has 1 aromatic carbocycles. The molecule has 9 nitrogen and oxygen atoms in total. The van der Waals surface area contributed by atoms with Gasteiger partial charge in [0.15, 0.2) is 0 Å². The molecule has 0 saturated heterocycles. The Kier molecular flexibility index (Phi) is 7.19. The lowest BCUT2D eigenvalue weighted by Gasteiger charge is -2.14. The Morgan fingerprint density at radius 2 is 1.81 bits per heavy atom. The summed E-state index contributed by atoms with van der Waals surface area (Å²) in [6.45, 7) is -0.522. The topological polar surface area (TPSA) is 136 Å². The summed E-state index contributed by atoms with van der Waals surface area (Å²) >= 11 is 0. The van der Waals surface area contributed by atoms with Crippen LogP contribution in [0.5, 0.6) is 0 Å². The number of benzene rings is 1. The van der Waals surface area contributed by atoms with E-state index in [9.17, 15) is 26.4 Å². The van der Waals surface area contributed by atoms with E-state index >= 15 is 0 Å². The van der Waals surface area contributed by atoms with Crippen molar-refractivity contribution in [2.45, 2.75) is 48.8 Å². The summed E-state index contributed by atoms with van der Waals surface area (Å²) in [7, 11) is -3.77. The first-order valence-electron chi connectivity index (χ1n) is 9.73. The Balaban J connectivity index is 1.48. The fourth-order valence-corrected chi connectivity index (χ4v) is 3.84. The highest BCUT2D eigenvalue weighted by molar-refractivity contribution is 7.89. The number of nitrogens with one attached hydrogen (secondary N) is 2. The quantitative estimate of drug-likeness (QED) is 0.562. The van der Waals surface area contributed by atoms with Crippen LogP contribution in [0.4, 0.5) is 29.6 Å². The lowest BCUT2D eigenvalue weighted by atomic mass is 10.0. The van der Waals surface area contributed by atoms with Gasteiger partial charge in [-0.1, -0.05) is 0 Å². The average Bonchev–Trinajstić information content (AvgIpc) is 3.15. The van der Waals surface area contributed by atoms with Crippen molar-refractivity contribution in [2.24, 2.45) is 5.14 Å². The number of nitrogens with zero attached hydrogens (tertiary/aromatic N) is 2. The average molecular weight is 473 g/mol. The third kappa shape index (κ3) is 7.05. The Hall–Kier alpha value is -2.93. The van der Waals surface area contributed by atoms with E-state index in [-0.39, 0.29) is 16.9 Å². The molecule has 1 fully saturated rings. The first kappa shape index (κ1) is 23.7. The van der Waals surface area contributed by atoms with Gasteiger partial charge in [-0.3, -0.25) is 0 Å². The van der Waals surface area contributed by atoms with Crippen LogP contribution in [0.3, 0.4) is 0 Å². The van der Waals surface area contributed by atoms with E-state index < -0.39 is 35.3 Å². The molecule has 0 unspecified atom stereocenters. The number of alkyl halides is 3. The Bertz CT molecular complexity index is 1030. The number of aromatic nitrogens is 2. The van der Waals surface area contributed by atoms with Crippen LogP contribution in [0.15, 0.2) is 41.6 Å².